The maximum atomic E-state index is 13.5. The number of carbonyl (C=O) groups is 1. The third-order valence-electron chi connectivity index (χ3n) is 5.95. The van der Waals surface area contributed by atoms with Gasteiger partial charge in [-0.3, -0.25) is 19.0 Å². The van der Waals surface area contributed by atoms with E-state index in [1.807, 2.05) is 18.2 Å². The summed E-state index contributed by atoms with van der Waals surface area (Å²) in [7, 11) is -1.07. The maximum absolute atomic E-state index is 13.5. The van der Waals surface area contributed by atoms with Crippen LogP contribution >= 0.6 is 0 Å². The Morgan fingerprint density at radius 1 is 1.00 bits per heavy atom. The Bertz CT molecular complexity index is 1390. The number of nitrogens with zero attached hydrogens (tertiary/aromatic N) is 3. The van der Waals surface area contributed by atoms with Gasteiger partial charge in [0, 0.05) is 77.5 Å². The standard InChI is InChI=1S/C25H21F2N3O3S/c1-34(32)18-4-2-16(3-5-18)22-15-20-23(33-22)19(7-11-28-20)17-6-10-29-21(14-17)24(31)30-12-8-25(26,27)9-13-30/h2-7,10-11,14-15H,8-9,12-13H2,1H3. The Morgan fingerprint density at radius 3 is 2.41 bits per heavy atom. The Morgan fingerprint density at radius 2 is 1.71 bits per heavy atom. The molecule has 4 aromatic rings. The van der Waals surface area contributed by atoms with Gasteiger partial charge in [0.2, 0.25) is 0 Å². The second-order valence-electron chi connectivity index (χ2n) is 8.24. The quantitative estimate of drug-likeness (QED) is 0.402. The Kier molecular flexibility index (Phi) is 5.73. The lowest BCUT2D eigenvalue weighted by atomic mass is 10.0. The van der Waals surface area contributed by atoms with Crippen LogP contribution in [-0.4, -0.2) is 50.3 Å². The number of pyridine rings is 2. The summed E-state index contributed by atoms with van der Waals surface area (Å²) in [6.07, 6.45) is 4.14. The van der Waals surface area contributed by atoms with Crippen LogP contribution in [-0.2, 0) is 10.8 Å². The van der Waals surface area contributed by atoms with Crippen LogP contribution < -0.4 is 0 Å². The van der Waals surface area contributed by atoms with Crippen molar-refractivity contribution in [2.75, 3.05) is 19.3 Å². The molecule has 0 spiro atoms. The summed E-state index contributed by atoms with van der Waals surface area (Å²) in [6.45, 7) is 0.00634. The van der Waals surface area contributed by atoms with Crippen molar-refractivity contribution in [2.24, 2.45) is 0 Å². The molecule has 1 fully saturated rings. The van der Waals surface area contributed by atoms with Gasteiger partial charge in [-0.15, -0.1) is 0 Å². The molecule has 1 atom stereocenters. The van der Waals surface area contributed by atoms with Crippen molar-refractivity contribution in [3.8, 4) is 22.5 Å². The lowest BCUT2D eigenvalue weighted by Crippen LogP contribution is -2.43. The normalized spacial score (nSPS) is 16.5. The van der Waals surface area contributed by atoms with E-state index in [9.17, 15) is 17.8 Å². The highest BCUT2D eigenvalue weighted by molar-refractivity contribution is 7.84. The lowest BCUT2D eigenvalue weighted by Gasteiger charge is -2.31. The first-order chi connectivity index (χ1) is 16.3. The number of benzene rings is 1. The van der Waals surface area contributed by atoms with Crippen LogP contribution in [0, 0.1) is 0 Å². The van der Waals surface area contributed by atoms with Gasteiger partial charge in [-0.05, 0) is 35.9 Å². The number of alkyl halides is 2. The highest BCUT2D eigenvalue weighted by atomic mass is 32.2. The lowest BCUT2D eigenvalue weighted by molar-refractivity contribution is -0.0495. The molecule has 5 rings (SSSR count). The van der Waals surface area contributed by atoms with Gasteiger partial charge in [0.15, 0.2) is 5.58 Å². The number of rotatable bonds is 4. The summed E-state index contributed by atoms with van der Waals surface area (Å²) in [4.78, 5) is 23.6. The molecule has 174 valence electrons. The SMILES string of the molecule is CS(=O)c1ccc(-c2cc3nccc(-c4ccnc(C(=O)N5CCC(F)(F)CC5)c4)c3o2)cc1. The fraction of sp³-hybridized carbons (Fsp3) is 0.240. The van der Waals surface area contributed by atoms with Crippen molar-refractivity contribution in [1.82, 2.24) is 14.9 Å². The van der Waals surface area contributed by atoms with Crippen molar-refractivity contribution >= 4 is 27.8 Å². The van der Waals surface area contributed by atoms with E-state index in [-0.39, 0.29) is 37.5 Å². The molecule has 1 unspecified atom stereocenters. The van der Waals surface area contributed by atoms with Crippen molar-refractivity contribution in [3.63, 3.8) is 0 Å². The summed E-state index contributed by atoms with van der Waals surface area (Å²) in [5.41, 5.74) is 3.68. The van der Waals surface area contributed by atoms with Gasteiger partial charge in [-0.1, -0.05) is 12.1 Å². The molecule has 0 bridgehead atoms. The van der Waals surface area contributed by atoms with Gasteiger partial charge in [0.05, 0.1) is 0 Å². The number of hydrogen-bond donors (Lipinski definition) is 0. The molecule has 6 nitrogen and oxygen atoms in total. The average molecular weight is 482 g/mol. The van der Waals surface area contributed by atoms with Crippen molar-refractivity contribution in [3.05, 3.63) is 66.6 Å². The van der Waals surface area contributed by atoms with Gasteiger partial charge in [-0.25, -0.2) is 8.78 Å². The molecule has 1 saturated heterocycles. The average Bonchev–Trinajstić information content (AvgIpc) is 3.28. The zero-order chi connectivity index (χ0) is 23.9. The van der Waals surface area contributed by atoms with Gasteiger partial charge < -0.3 is 9.32 Å². The van der Waals surface area contributed by atoms with Gasteiger partial charge in [0.1, 0.15) is 17.0 Å². The molecule has 1 aliphatic rings. The number of piperidine rings is 1. The summed E-state index contributed by atoms with van der Waals surface area (Å²) < 4.78 is 44.7. The zero-order valence-corrected chi connectivity index (χ0v) is 19.1. The predicted molar refractivity (Wildman–Crippen MR) is 125 cm³/mol. The fourth-order valence-electron chi connectivity index (χ4n) is 4.03. The first kappa shape index (κ1) is 22.3. The van der Waals surface area contributed by atoms with E-state index in [0.717, 1.165) is 16.0 Å². The number of fused-ring (bicyclic) bond motifs is 1. The maximum Gasteiger partial charge on any atom is 0.272 e. The van der Waals surface area contributed by atoms with Crippen LogP contribution in [0.3, 0.4) is 0 Å². The Balaban J connectivity index is 1.46. The molecule has 3 aromatic heterocycles. The van der Waals surface area contributed by atoms with Crippen LogP contribution in [0.25, 0.3) is 33.6 Å². The molecule has 0 N–H and O–H groups in total. The van der Waals surface area contributed by atoms with Crippen molar-refractivity contribution < 1.29 is 22.2 Å². The molecule has 0 aliphatic carbocycles. The third-order valence-corrected chi connectivity index (χ3v) is 6.89. The number of amides is 1. The Labute approximate surface area is 197 Å². The van der Waals surface area contributed by atoms with E-state index >= 15 is 0 Å². The van der Waals surface area contributed by atoms with Gasteiger partial charge in [-0.2, -0.15) is 0 Å². The summed E-state index contributed by atoms with van der Waals surface area (Å²) in [6, 6.07) is 14.3. The number of halogens is 2. The van der Waals surface area contributed by atoms with Crippen LogP contribution in [0.1, 0.15) is 23.3 Å². The number of likely N-dealkylation sites (tertiary alicyclic amines) is 1. The second-order valence-corrected chi connectivity index (χ2v) is 9.62. The number of furan rings is 1. The number of aromatic nitrogens is 2. The number of hydrogen-bond acceptors (Lipinski definition) is 5. The highest BCUT2D eigenvalue weighted by Gasteiger charge is 2.36. The molecular weight excluding hydrogens is 460 g/mol. The van der Waals surface area contributed by atoms with E-state index in [0.29, 0.717) is 22.4 Å². The first-order valence-electron chi connectivity index (χ1n) is 10.8. The molecule has 0 radical (unpaired) electrons. The van der Waals surface area contributed by atoms with Crippen LogP contribution in [0.4, 0.5) is 8.78 Å². The van der Waals surface area contributed by atoms with Gasteiger partial charge in [0.25, 0.3) is 11.8 Å². The number of carbonyl (C=O) groups excluding carboxylic acids is 1. The monoisotopic (exact) mass is 481 g/mol. The topological polar surface area (TPSA) is 76.3 Å². The van der Waals surface area contributed by atoms with Crippen LogP contribution in [0.2, 0.25) is 0 Å². The fourth-order valence-corrected chi connectivity index (χ4v) is 4.55. The largest absolute Gasteiger partial charge is 0.454 e. The summed E-state index contributed by atoms with van der Waals surface area (Å²) in [5, 5.41) is 0. The van der Waals surface area contributed by atoms with E-state index < -0.39 is 16.7 Å². The van der Waals surface area contributed by atoms with E-state index in [4.69, 9.17) is 4.42 Å². The molecule has 1 amide bonds. The van der Waals surface area contributed by atoms with E-state index in [1.54, 1.807) is 42.8 Å². The van der Waals surface area contributed by atoms with Crippen molar-refractivity contribution in [2.45, 2.75) is 23.7 Å². The molecule has 34 heavy (non-hydrogen) atoms. The molecule has 9 heteroatoms. The first-order valence-corrected chi connectivity index (χ1v) is 12.3. The Hall–Kier alpha value is -3.46. The predicted octanol–water partition coefficient (Wildman–Crippen LogP) is 5.17. The molecule has 0 saturated carbocycles. The minimum Gasteiger partial charge on any atom is -0.454 e. The molecule has 4 heterocycles. The van der Waals surface area contributed by atoms with E-state index in [2.05, 4.69) is 9.97 Å². The van der Waals surface area contributed by atoms with Gasteiger partial charge >= 0.3 is 0 Å². The minimum atomic E-state index is -2.72. The minimum absolute atomic E-state index is 0.00317. The smallest absolute Gasteiger partial charge is 0.272 e. The second kappa shape index (κ2) is 8.72. The zero-order valence-electron chi connectivity index (χ0n) is 18.3. The third kappa shape index (κ3) is 4.35. The van der Waals surface area contributed by atoms with E-state index in [1.165, 1.54) is 11.1 Å². The highest BCUT2D eigenvalue weighted by Crippen LogP contribution is 2.34. The van der Waals surface area contributed by atoms with Crippen LogP contribution in [0.15, 0.2) is 70.2 Å². The van der Waals surface area contributed by atoms with Crippen LogP contribution in [0.5, 0.6) is 0 Å². The molecule has 1 aliphatic heterocycles. The summed E-state index contributed by atoms with van der Waals surface area (Å²) >= 11 is 0. The summed E-state index contributed by atoms with van der Waals surface area (Å²) in [5.74, 6) is -2.47. The molecule has 1 aromatic carbocycles. The van der Waals surface area contributed by atoms with Crippen molar-refractivity contribution in [1.29, 1.82) is 0 Å². The molecular formula is C25H21F2N3O3S.